The summed E-state index contributed by atoms with van der Waals surface area (Å²) in [6.07, 6.45) is 7.87. The van der Waals surface area contributed by atoms with E-state index < -0.39 is 0 Å². The second-order valence-electron chi connectivity index (χ2n) is 7.87. The van der Waals surface area contributed by atoms with Crippen LogP contribution in [0.1, 0.15) is 77.8 Å². The monoisotopic (exact) mass is 416 g/mol. The van der Waals surface area contributed by atoms with Crippen molar-refractivity contribution in [3.63, 3.8) is 0 Å². The fourth-order valence-corrected chi connectivity index (χ4v) is 3.06. The summed E-state index contributed by atoms with van der Waals surface area (Å²) in [6.45, 7) is 11.4. The number of phenols is 1. The van der Waals surface area contributed by atoms with Crippen molar-refractivity contribution < 1.29 is 5.11 Å². The van der Waals surface area contributed by atoms with E-state index in [0.717, 1.165) is 36.8 Å². The van der Waals surface area contributed by atoms with E-state index in [1.165, 1.54) is 19.3 Å². The fourth-order valence-electron chi connectivity index (χ4n) is 2.68. The van der Waals surface area contributed by atoms with Crippen molar-refractivity contribution >= 4 is 22.6 Å². The van der Waals surface area contributed by atoms with Crippen molar-refractivity contribution in [1.29, 1.82) is 0 Å². The van der Waals surface area contributed by atoms with Crippen molar-refractivity contribution in [3.8, 4) is 5.75 Å². The van der Waals surface area contributed by atoms with Gasteiger partial charge in [0.1, 0.15) is 5.75 Å². The molecule has 0 aliphatic rings. The number of hydrogen-bond acceptors (Lipinski definition) is 1. The third kappa shape index (κ3) is 7.34. The van der Waals surface area contributed by atoms with Crippen LogP contribution in [0.2, 0.25) is 0 Å². The van der Waals surface area contributed by atoms with Crippen LogP contribution in [0.3, 0.4) is 0 Å². The molecule has 0 unspecified atom stereocenters. The van der Waals surface area contributed by atoms with E-state index in [1.807, 2.05) is 0 Å². The van der Waals surface area contributed by atoms with Gasteiger partial charge in [-0.3, -0.25) is 0 Å². The number of aryl methyl sites for hydroxylation is 2. The number of hydrogen-bond donors (Lipinski definition) is 1. The SMILES string of the molecule is CCC(C)(C)CCCc1cccc(CCCC(C)(C)I)c1O. The van der Waals surface area contributed by atoms with E-state index in [0.29, 0.717) is 14.6 Å². The van der Waals surface area contributed by atoms with Gasteiger partial charge in [0, 0.05) is 3.42 Å². The van der Waals surface area contributed by atoms with Gasteiger partial charge in [0.05, 0.1) is 0 Å². The molecule has 1 N–H and O–H groups in total. The molecule has 0 fully saturated rings. The summed E-state index contributed by atoms with van der Waals surface area (Å²) in [5.74, 6) is 0.545. The molecule has 2 heteroatoms. The van der Waals surface area contributed by atoms with E-state index in [4.69, 9.17) is 0 Å². The van der Waals surface area contributed by atoms with Gasteiger partial charge in [-0.25, -0.2) is 0 Å². The highest BCUT2D eigenvalue weighted by molar-refractivity contribution is 14.1. The van der Waals surface area contributed by atoms with Gasteiger partial charge < -0.3 is 5.11 Å². The molecule has 1 rings (SSSR count). The van der Waals surface area contributed by atoms with Gasteiger partial charge in [-0.1, -0.05) is 81.8 Å². The molecular weight excluding hydrogens is 383 g/mol. The Morgan fingerprint density at radius 1 is 0.955 bits per heavy atom. The zero-order chi connectivity index (χ0) is 16.8. The van der Waals surface area contributed by atoms with Gasteiger partial charge in [0.25, 0.3) is 0 Å². The first-order valence-electron chi connectivity index (χ1n) is 8.63. The van der Waals surface area contributed by atoms with E-state index >= 15 is 0 Å². The van der Waals surface area contributed by atoms with Crippen LogP contribution in [0.25, 0.3) is 0 Å². The Kier molecular flexibility index (Phi) is 7.70. The quantitative estimate of drug-likeness (QED) is 0.351. The first-order chi connectivity index (χ1) is 10.1. The summed E-state index contributed by atoms with van der Waals surface area (Å²) < 4.78 is 0.344. The Labute approximate surface area is 151 Å². The fraction of sp³-hybridized carbons (Fsp3) is 0.700. The van der Waals surface area contributed by atoms with Crippen LogP contribution >= 0.6 is 22.6 Å². The van der Waals surface area contributed by atoms with Gasteiger partial charge in [-0.2, -0.15) is 0 Å². The van der Waals surface area contributed by atoms with E-state index in [-0.39, 0.29) is 0 Å². The average molecular weight is 416 g/mol. The van der Waals surface area contributed by atoms with Crippen molar-refractivity contribution in [2.75, 3.05) is 0 Å². The smallest absolute Gasteiger partial charge is 0.121 e. The van der Waals surface area contributed by atoms with Crippen LogP contribution in [0.5, 0.6) is 5.75 Å². The average Bonchev–Trinajstić information content (AvgIpc) is 2.41. The molecule has 22 heavy (non-hydrogen) atoms. The Balaban J connectivity index is 2.57. The molecule has 0 radical (unpaired) electrons. The molecule has 0 spiro atoms. The lowest BCUT2D eigenvalue weighted by molar-refractivity contribution is 0.312. The standard InChI is InChI=1S/C20H33IO/c1-6-19(2,3)14-8-12-16-10-7-11-17(18(16)22)13-9-15-20(4,5)21/h7,10-11,22H,6,8-9,12-15H2,1-5H3. The Morgan fingerprint density at radius 3 is 1.91 bits per heavy atom. The first kappa shape index (κ1) is 19.8. The zero-order valence-corrected chi connectivity index (χ0v) is 17.2. The van der Waals surface area contributed by atoms with Crippen LogP contribution in [-0.4, -0.2) is 8.53 Å². The van der Waals surface area contributed by atoms with Crippen LogP contribution in [-0.2, 0) is 12.8 Å². The lowest BCUT2D eigenvalue weighted by Crippen LogP contribution is -2.09. The Bertz CT molecular complexity index is 457. The maximum atomic E-state index is 10.5. The van der Waals surface area contributed by atoms with Crippen molar-refractivity contribution in [1.82, 2.24) is 0 Å². The minimum atomic E-state index is 0.344. The Morgan fingerprint density at radius 2 is 1.45 bits per heavy atom. The molecule has 1 aromatic rings. The molecule has 0 aromatic heterocycles. The summed E-state index contributed by atoms with van der Waals surface area (Å²) in [4.78, 5) is 0. The van der Waals surface area contributed by atoms with Crippen LogP contribution in [0, 0.1) is 5.41 Å². The molecule has 1 aromatic carbocycles. The second-order valence-corrected chi connectivity index (χ2v) is 10.8. The van der Waals surface area contributed by atoms with Crippen LogP contribution in [0.15, 0.2) is 18.2 Å². The minimum absolute atomic E-state index is 0.344. The van der Waals surface area contributed by atoms with E-state index in [9.17, 15) is 5.11 Å². The zero-order valence-electron chi connectivity index (χ0n) is 15.0. The second kappa shape index (κ2) is 8.56. The minimum Gasteiger partial charge on any atom is -0.507 e. The van der Waals surface area contributed by atoms with Crippen molar-refractivity contribution in [2.45, 2.75) is 83.0 Å². The molecule has 0 heterocycles. The first-order valence-corrected chi connectivity index (χ1v) is 9.71. The van der Waals surface area contributed by atoms with Gasteiger partial charge in [-0.05, 0) is 55.1 Å². The van der Waals surface area contributed by atoms with Gasteiger partial charge in [0.2, 0.25) is 0 Å². The molecule has 1 nitrogen and oxygen atoms in total. The molecule has 0 saturated heterocycles. The van der Waals surface area contributed by atoms with Gasteiger partial charge in [-0.15, -0.1) is 0 Å². The van der Waals surface area contributed by atoms with Crippen LogP contribution in [0.4, 0.5) is 0 Å². The molecule has 0 bridgehead atoms. The predicted octanol–water partition coefficient (Wildman–Crippen LogP) is 6.69. The molecular formula is C20H33IO. The molecule has 0 aliphatic carbocycles. The molecule has 0 atom stereocenters. The number of phenolic OH excluding ortho intramolecular Hbond substituents is 1. The summed E-state index contributed by atoms with van der Waals surface area (Å²) >= 11 is 2.50. The lowest BCUT2D eigenvalue weighted by Gasteiger charge is -2.22. The van der Waals surface area contributed by atoms with E-state index in [1.54, 1.807) is 0 Å². The summed E-state index contributed by atoms with van der Waals surface area (Å²) in [6, 6.07) is 6.26. The van der Waals surface area contributed by atoms with Gasteiger partial charge in [0.15, 0.2) is 0 Å². The third-order valence-electron chi connectivity index (χ3n) is 4.68. The highest BCUT2D eigenvalue weighted by Crippen LogP contribution is 2.31. The molecule has 0 amide bonds. The molecule has 0 aliphatic heterocycles. The summed E-state index contributed by atoms with van der Waals surface area (Å²) in [7, 11) is 0. The van der Waals surface area contributed by atoms with E-state index in [2.05, 4.69) is 75.4 Å². The number of halogens is 1. The largest absolute Gasteiger partial charge is 0.507 e. The molecule has 0 saturated carbocycles. The predicted molar refractivity (Wildman–Crippen MR) is 106 cm³/mol. The number of aromatic hydroxyl groups is 1. The Hall–Kier alpha value is -0.250. The number of alkyl halides is 1. The van der Waals surface area contributed by atoms with Crippen molar-refractivity contribution in [3.05, 3.63) is 29.3 Å². The normalized spacial score (nSPS) is 12.6. The number of para-hydroxylation sites is 1. The van der Waals surface area contributed by atoms with Crippen LogP contribution < -0.4 is 0 Å². The topological polar surface area (TPSA) is 20.2 Å². The summed E-state index contributed by atoms with van der Waals surface area (Å²) in [5, 5.41) is 10.5. The molecule has 126 valence electrons. The maximum Gasteiger partial charge on any atom is 0.121 e. The number of rotatable bonds is 9. The lowest BCUT2D eigenvalue weighted by atomic mass is 9.84. The van der Waals surface area contributed by atoms with Crippen molar-refractivity contribution in [2.24, 2.45) is 5.41 Å². The third-order valence-corrected chi connectivity index (χ3v) is 5.22. The van der Waals surface area contributed by atoms with Gasteiger partial charge >= 0.3 is 0 Å². The highest BCUT2D eigenvalue weighted by Gasteiger charge is 2.16. The number of benzene rings is 1. The highest BCUT2D eigenvalue weighted by atomic mass is 127. The maximum absolute atomic E-state index is 10.5. The summed E-state index contributed by atoms with van der Waals surface area (Å²) in [5.41, 5.74) is 2.66.